The number of ketones is 1. The average Bonchev–Trinajstić information content (AvgIpc) is 2.24. The number of rotatable bonds is 2. The Bertz CT molecular complexity index is 586. The molecular weight excluding hydrogens is 255 g/mol. The van der Waals surface area contributed by atoms with Crippen LogP contribution in [0.1, 0.15) is 12.8 Å². The minimum absolute atomic E-state index is 0.0408. The fourth-order valence-electron chi connectivity index (χ4n) is 2.87. The van der Waals surface area contributed by atoms with E-state index in [0.717, 1.165) is 12.1 Å². The van der Waals surface area contributed by atoms with E-state index in [0.29, 0.717) is 25.9 Å². The van der Waals surface area contributed by atoms with Gasteiger partial charge >= 0.3 is 5.69 Å². The molecule has 0 radical (unpaired) electrons. The Hall–Kier alpha value is -2.18. The van der Waals surface area contributed by atoms with Crippen molar-refractivity contribution in [1.29, 1.82) is 0 Å². The Balaban J connectivity index is 1.81. The first-order valence-corrected chi connectivity index (χ1v) is 5.84. The van der Waals surface area contributed by atoms with Crippen molar-refractivity contribution in [3.63, 3.8) is 0 Å². The maximum absolute atomic E-state index is 13.8. The van der Waals surface area contributed by atoms with Crippen LogP contribution in [0.3, 0.4) is 0 Å². The van der Waals surface area contributed by atoms with Gasteiger partial charge in [0.25, 0.3) is 0 Å². The Morgan fingerprint density at radius 1 is 1.37 bits per heavy atom. The molecule has 2 aliphatic rings. The topological polar surface area (TPSA) is 83.7 Å². The summed E-state index contributed by atoms with van der Waals surface area (Å²) in [4.78, 5) is 22.4. The number of phenols is 1. The smallest absolute Gasteiger partial charge is 0.313 e. The Morgan fingerprint density at radius 2 is 2.00 bits per heavy atom. The van der Waals surface area contributed by atoms with Gasteiger partial charge in [0.05, 0.1) is 16.7 Å². The summed E-state index contributed by atoms with van der Waals surface area (Å²) in [5.41, 5.74) is -0.538. The summed E-state index contributed by atoms with van der Waals surface area (Å²) < 4.78 is 13.8. The van der Waals surface area contributed by atoms with Crippen molar-refractivity contribution in [3.8, 4) is 5.75 Å². The molecule has 1 saturated heterocycles. The molecular formula is C12H11FN2O4. The highest BCUT2D eigenvalue weighted by Gasteiger charge is 2.52. The molecule has 1 aliphatic carbocycles. The summed E-state index contributed by atoms with van der Waals surface area (Å²) in [6.45, 7) is 1.10. The highest BCUT2D eigenvalue weighted by atomic mass is 19.1. The molecule has 1 saturated carbocycles. The van der Waals surface area contributed by atoms with Crippen LogP contribution in [0.25, 0.3) is 0 Å². The molecule has 2 fully saturated rings. The molecule has 1 aromatic carbocycles. The second-order valence-electron chi connectivity index (χ2n) is 5.30. The van der Waals surface area contributed by atoms with E-state index < -0.39 is 22.2 Å². The molecule has 19 heavy (non-hydrogen) atoms. The van der Waals surface area contributed by atoms with Crippen molar-refractivity contribution in [2.45, 2.75) is 12.8 Å². The van der Waals surface area contributed by atoms with Crippen molar-refractivity contribution in [2.24, 2.45) is 5.41 Å². The number of Topliss-reactive ketones (excluding diaryl/α,β-unsaturated/α-hetero) is 1. The highest BCUT2D eigenvalue weighted by Crippen LogP contribution is 2.48. The lowest BCUT2D eigenvalue weighted by atomic mass is 9.62. The fourth-order valence-corrected chi connectivity index (χ4v) is 2.87. The normalized spacial score (nSPS) is 20.1. The van der Waals surface area contributed by atoms with Crippen molar-refractivity contribution in [1.82, 2.24) is 0 Å². The molecule has 1 aromatic rings. The summed E-state index contributed by atoms with van der Waals surface area (Å²) in [6.07, 6.45) is 1.04. The van der Waals surface area contributed by atoms with Crippen molar-refractivity contribution >= 4 is 17.2 Å². The summed E-state index contributed by atoms with van der Waals surface area (Å²) in [6, 6.07) is 1.79. The Kier molecular flexibility index (Phi) is 2.29. The first-order chi connectivity index (χ1) is 8.90. The molecule has 100 valence electrons. The Morgan fingerprint density at radius 3 is 2.53 bits per heavy atom. The highest BCUT2D eigenvalue weighted by molar-refractivity contribution is 5.87. The summed E-state index contributed by atoms with van der Waals surface area (Å²) in [5, 5.41) is 20.1. The molecule has 1 aliphatic heterocycles. The van der Waals surface area contributed by atoms with Gasteiger partial charge in [-0.1, -0.05) is 0 Å². The molecule has 6 nitrogen and oxygen atoms in total. The fraction of sp³-hybridized carbons (Fsp3) is 0.417. The molecule has 0 aromatic heterocycles. The molecule has 1 spiro atoms. The largest absolute Gasteiger partial charge is 0.502 e. The van der Waals surface area contributed by atoms with Crippen LogP contribution in [-0.2, 0) is 4.79 Å². The second kappa shape index (κ2) is 3.66. The van der Waals surface area contributed by atoms with Crippen LogP contribution in [0.4, 0.5) is 15.8 Å². The van der Waals surface area contributed by atoms with E-state index >= 15 is 0 Å². The lowest BCUT2D eigenvalue weighted by Crippen LogP contribution is -2.63. The number of nitro benzene ring substituents is 1. The van der Waals surface area contributed by atoms with Crippen molar-refractivity contribution < 1.29 is 19.2 Å². The molecule has 0 bridgehead atoms. The van der Waals surface area contributed by atoms with Crippen LogP contribution in [0, 0.1) is 21.3 Å². The van der Waals surface area contributed by atoms with Crippen molar-refractivity contribution in [3.05, 3.63) is 28.1 Å². The van der Waals surface area contributed by atoms with E-state index in [1.807, 2.05) is 0 Å². The van der Waals surface area contributed by atoms with Gasteiger partial charge in [-0.05, 0) is 0 Å². The SMILES string of the molecule is O=C1CC2(C1)CN(c1cc(O)c([N+](=O)[O-])cc1F)C2. The molecule has 0 unspecified atom stereocenters. The van der Waals surface area contributed by atoms with Crippen LogP contribution < -0.4 is 4.90 Å². The quantitative estimate of drug-likeness (QED) is 0.649. The minimum Gasteiger partial charge on any atom is -0.502 e. The molecule has 7 heteroatoms. The minimum atomic E-state index is -0.829. The number of carbonyl (C=O) groups is 1. The number of aromatic hydroxyl groups is 1. The third-order valence-electron chi connectivity index (χ3n) is 3.78. The van der Waals surface area contributed by atoms with Crippen LogP contribution >= 0.6 is 0 Å². The van der Waals surface area contributed by atoms with Crippen LogP contribution in [0.5, 0.6) is 5.75 Å². The van der Waals surface area contributed by atoms with Gasteiger partial charge in [0.2, 0.25) is 0 Å². The van der Waals surface area contributed by atoms with Gasteiger partial charge in [0.1, 0.15) is 5.78 Å². The zero-order chi connectivity index (χ0) is 13.8. The number of hydrogen-bond donors (Lipinski definition) is 1. The van der Waals surface area contributed by atoms with Crippen LogP contribution in [-0.4, -0.2) is 28.9 Å². The van der Waals surface area contributed by atoms with Gasteiger partial charge < -0.3 is 10.0 Å². The lowest BCUT2D eigenvalue weighted by molar-refractivity contribution is -0.386. The number of hydrogen-bond acceptors (Lipinski definition) is 5. The molecule has 0 atom stereocenters. The van der Waals surface area contributed by atoms with E-state index in [1.165, 1.54) is 0 Å². The maximum atomic E-state index is 13.8. The summed E-state index contributed by atoms with van der Waals surface area (Å²) >= 11 is 0. The standard InChI is InChI=1S/C12H11FN2O4/c13-8-1-10(15(18)19)11(17)2-9(8)14-5-12(6-14)3-7(16)4-12/h1-2,17H,3-6H2. The summed E-state index contributed by atoms with van der Waals surface area (Å²) in [5.74, 6) is -1.07. The van der Waals surface area contributed by atoms with Crippen molar-refractivity contribution in [2.75, 3.05) is 18.0 Å². The van der Waals surface area contributed by atoms with E-state index in [-0.39, 0.29) is 16.9 Å². The number of nitrogens with zero attached hydrogens (tertiary/aromatic N) is 2. The second-order valence-corrected chi connectivity index (χ2v) is 5.30. The first-order valence-electron chi connectivity index (χ1n) is 5.84. The average molecular weight is 266 g/mol. The third-order valence-corrected chi connectivity index (χ3v) is 3.78. The zero-order valence-corrected chi connectivity index (χ0v) is 9.93. The van der Waals surface area contributed by atoms with Gasteiger partial charge in [0.15, 0.2) is 11.6 Å². The number of anilines is 1. The monoisotopic (exact) mass is 266 g/mol. The molecule has 0 amide bonds. The van der Waals surface area contributed by atoms with Crippen LogP contribution in [0.2, 0.25) is 0 Å². The summed E-state index contributed by atoms with van der Waals surface area (Å²) in [7, 11) is 0. The zero-order valence-electron chi connectivity index (χ0n) is 9.93. The number of phenolic OH excluding ortho intramolecular Hbond substituents is 1. The lowest BCUT2D eigenvalue weighted by Gasteiger charge is -2.55. The van der Waals surface area contributed by atoms with Crippen LogP contribution in [0.15, 0.2) is 12.1 Å². The molecule has 3 rings (SSSR count). The van der Waals surface area contributed by atoms with E-state index in [1.54, 1.807) is 4.90 Å². The van der Waals surface area contributed by atoms with Gasteiger partial charge in [-0.2, -0.15) is 0 Å². The Labute approximate surface area is 107 Å². The van der Waals surface area contributed by atoms with E-state index in [4.69, 9.17) is 0 Å². The van der Waals surface area contributed by atoms with Gasteiger partial charge in [-0.3, -0.25) is 14.9 Å². The molecule has 1 heterocycles. The predicted octanol–water partition coefficient (Wildman–Crippen LogP) is 1.61. The predicted molar refractivity (Wildman–Crippen MR) is 63.6 cm³/mol. The van der Waals surface area contributed by atoms with Gasteiger partial charge in [-0.25, -0.2) is 4.39 Å². The van der Waals surface area contributed by atoms with Gasteiger partial charge in [0, 0.05) is 37.4 Å². The first kappa shape index (κ1) is 11.9. The number of halogens is 1. The molecule has 1 N–H and O–H groups in total. The number of benzene rings is 1. The maximum Gasteiger partial charge on any atom is 0.313 e. The van der Waals surface area contributed by atoms with E-state index in [9.17, 15) is 24.4 Å². The third kappa shape index (κ3) is 1.73. The van der Waals surface area contributed by atoms with E-state index in [2.05, 4.69) is 0 Å². The number of nitro groups is 1. The van der Waals surface area contributed by atoms with Gasteiger partial charge in [-0.15, -0.1) is 0 Å². The number of carbonyl (C=O) groups excluding carboxylic acids is 1.